The Morgan fingerprint density at radius 1 is 0.731 bits per heavy atom. The van der Waals surface area contributed by atoms with Crippen molar-refractivity contribution in [2.24, 2.45) is 0 Å². The molecule has 0 aliphatic carbocycles. The van der Waals surface area contributed by atoms with Crippen LogP contribution in [0.25, 0.3) is 0 Å². The van der Waals surface area contributed by atoms with Gasteiger partial charge < -0.3 is 24.3 Å². The molecule has 1 amide bonds. The maximum absolute atomic E-state index is 11.6. The van der Waals surface area contributed by atoms with Crippen LogP contribution in [0.3, 0.4) is 0 Å². The monoisotopic (exact) mass is 375 g/mol. The summed E-state index contributed by atoms with van der Waals surface area (Å²) in [6.07, 6.45) is 6.32. The van der Waals surface area contributed by atoms with Crippen molar-refractivity contribution in [3.8, 4) is 0 Å². The molecule has 0 spiro atoms. The van der Waals surface area contributed by atoms with Crippen LogP contribution in [-0.4, -0.2) is 71.1 Å². The molecule has 0 fully saturated rings. The summed E-state index contributed by atoms with van der Waals surface area (Å²) in [5.41, 5.74) is 0. The molecule has 0 heterocycles. The highest BCUT2D eigenvalue weighted by Crippen LogP contribution is 2.05. The van der Waals surface area contributed by atoms with E-state index in [4.69, 9.17) is 18.9 Å². The molecule has 0 atom stereocenters. The highest BCUT2D eigenvalue weighted by molar-refractivity contribution is 5.79. The number of hydrogen-bond acceptors (Lipinski definition) is 6. The first kappa shape index (κ1) is 25.0. The zero-order chi connectivity index (χ0) is 19.3. The molecule has 7 nitrogen and oxygen atoms in total. The number of Topliss-reactive ketones (excluding diaryl/α,β-unsaturated/α-hetero) is 1. The summed E-state index contributed by atoms with van der Waals surface area (Å²) in [6, 6.07) is 0. The normalized spacial score (nSPS) is 10.8. The SMILES string of the molecule is CCCCCCCC(=O)COCCOCCNC(=O)COCCOCC. The lowest BCUT2D eigenvalue weighted by Crippen LogP contribution is -2.31. The van der Waals surface area contributed by atoms with Crippen molar-refractivity contribution in [3.05, 3.63) is 0 Å². The van der Waals surface area contributed by atoms with Crippen molar-refractivity contribution in [2.45, 2.75) is 52.4 Å². The standard InChI is InChI=1S/C19H37NO6/c1-3-5-6-7-8-9-18(21)16-25-15-13-24-11-10-20-19(22)17-26-14-12-23-4-2/h3-17H2,1-2H3,(H,20,22). The molecule has 0 aliphatic heterocycles. The van der Waals surface area contributed by atoms with Gasteiger partial charge >= 0.3 is 0 Å². The van der Waals surface area contributed by atoms with Crippen LogP contribution in [0.2, 0.25) is 0 Å². The van der Waals surface area contributed by atoms with E-state index in [1.54, 1.807) is 0 Å². The van der Waals surface area contributed by atoms with Crippen molar-refractivity contribution < 1.29 is 28.5 Å². The Hall–Kier alpha value is -1.02. The number of amides is 1. The molecule has 154 valence electrons. The summed E-state index contributed by atoms with van der Waals surface area (Å²) in [4.78, 5) is 23.0. The Morgan fingerprint density at radius 2 is 1.38 bits per heavy atom. The van der Waals surface area contributed by atoms with E-state index in [0.717, 1.165) is 12.8 Å². The number of hydrogen-bond donors (Lipinski definition) is 1. The maximum Gasteiger partial charge on any atom is 0.246 e. The van der Waals surface area contributed by atoms with Crippen molar-refractivity contribution in [1.82, 2.24) is 5.32 Å². The van der Waals surface area contributed by atoms with Crippen LogP contribution in [0.1, 0.15) is 52.4 Å². The molecule has 0 aromatic heterocycles. The molecule has 0 unspecified atom stereocenters. The minimum atomic E-state index is -0.175. The Bertz CT molecular complexity index is 306. The van der Waals surface area contributed by atoms with Crippen molar-refractivity contribution >= 4 is 11.7 Å². The third kappa shape index (κ3) is 19.3. The highest BCUT2D eigenvalue weighted by Gasteiger charge is 2.03. The summed E-state index contributed by atoms with van der Waals surface area (Å²) in [6.45, 7) is 7.43. The van der Waals surface area contributed by atoms with Gasteiger partial charge in [-0.3, -0.25) is 9.59 Å². The molecule has 7 heteroatoms. The van der Waals surface area contributed by atoms with Crippen LogP contribution in [0.4, 0.5) is 0 Å². The second kappa shape index (κ2) is 20.3. The van der Waals surface area contributed by atoms with Crippen LogP contribution in [0, 0.1) is 0 Å². The van der Waals surface area contributed by atoms with E-state index in [1.165, 1.54) is 19.3 Å². The van der Waals surface area contributed by atoms with Gasteiger partial charge in [-0.2, -0.15) is 0 Å². The average molecular weight is 376 g/mol. The summed E-state index contributed by atoms with van der Waals surface area (Å²) < 4.78 is 20.9. The van der Waals surface area contributed by atoms with Crippen LogP contribution >= 0.6 is 0 Å². The minimum Gasteiger partial charge on any atom is -0.379 e. The van der Waals surface area contributed by atoms with Crippen LogP contribution < -0.4 is 5.32 Å². The van der Waals surface area contributed by atoms with Crippen molar-refractivity contribution in [2.75, 3.05) is 59.4 Å². The van der Waals surface area contributed by atoms with Gasteiger partial charge in [0, 0.05) is 19.6 Å². The molecule has 1 N–H and O–H groups in total. The second-order valence-electron chi connectivity index (χ2n) is 5.97. The van der Waals surface area contributed by atoms with Gasteiger partial charge in [-0.25, -0.2) is 0 Å². The quantitative estimate of drug-likeness (QED) is 0.328. The first-order valence-electron chi connectivity index (χ1n) is 9.80. The highest BCUT2D eigenvalue weighted by atomic mass is 16.5. The van der Waals surface area contributed by atoms with E-state index < -0.39 is 0 Å². The molecule has 0 aliphatic rings. The molecule has 0 bridgehead atoms. The van der Waals surface area contributed by atoms with E-state index in [-0.39, 0.29) is 24.9 Å². The van der Waals surface area contributed by atoms with E-state index >= 15 is 0 Å². The first-order valence-corrected chi connectivity index (χ1v) is 9.80. The molecular weight excluding hydrogens is 338 g/mol. The van der Waals surface area contributed by atoms with Gasteiger partial charge in [0.15, 0.2) is 5.78 Å². The smallest absolute Gasteiger partial charge is 0.246 e. The molecule has 26 heavy (non-hydrogen) atoms. The number of unbranched alkanes of at least 4 members (excludes halogenated alkanes) is 4. The molecular formula is C19H37NO6. The minimum absolute atomic E-state index is 0.0245. The van der Waals surface area contributed by atoms with E-state index in [1.807, 2.05) is 6.92 Å². The number of nitrogens with one attached hydrogen (secondary N) is 1. The lowest BCUT2D eigenvalue weighted by atomic mass is 10.1. The van der Waals surface area contributed by atoms with Crippen LogP contribution in [0.15, 0.2) is 0 Å². The van der Waals surface area contributed by atoms with Gasteiger partial charge in [0.05, 0.1) is 33.0 Å². The predicted molar refractivity (Wildman–Crippen MR) is 100 cm³/mol. The Balaban J connectivity index is 3.25. The average Bonchev–Trinajstić information content (AvgIpc) is 2.63. The van der Waals surface area contributed by atoms with Gasteiger partial charge in [-0.15, -0.1) is 0 Å². The van der Waals surface area contributed by atoms with Gasteiger partial charge in [-0.1, -0.05) is 32.6 Å². The Kier molecular flexibility index (Phi) is 19.5. The van der Waals surface area contributed by atoms with Gasteiger partial charge in [0.2, 0.25) is 5.91 Å². The molecule has 0 radical (unpaired) electrons. The number of ether oxygens (including phenoxy) is 4. The van der Waals surface area contributed by atoms with Crippen molar-refractivity contribution in [1.29, 1.82) is 0 Å². The maximum atomic E-state index is 11.6. The second-order valence-corrected chi connectivity index (χ2v) is 5.97. The predicted octanol–water partition coefficient (Wildman–Crippen LogP) is 2.12. The van der Waals surface area contributed by atoms with Crippen LogP contribution in [-0.2, 0) is 28.5 Å². The fourth-order valence-corrected chi connectivity index (χ4v) is 2.14. The topological polar surface area (TPSA) is 83.1 Å². The Morgan fingerprint density at radius 3 is 2.12 bits per heavy atom. The summed E-state index contributed by atoms with van der Waals surface area (Å²) in [7, 11) is 0. The van der Waals surface area contributed by atoms with Crippen LogP contribution in [0.5, 0.6) is 0 Å². The van der Waals surface area contributed by atoms with Gasteiger partial charge in [0.25, 0.3) is 0 Å². The van der Waals surface area contributed by atoms with Gasteiger partial charge in [-0.05, 0) is 13.3 Å². The number of rotatable bonds is 20. The fourth-order valence-electron chi connectivity index (χ4n) is 2.14. The molecule has 0 aromatic rings. The molecule has 0 saturated carbocycles. The largest absolute Gasteiger partial charge is 0.379 e. The molecule has 0 aromatic carbocycles. The zero-order valence-electron chi connectivity index (χ0n) is 16.6. The van der Waals surface area contributed by atoms with E-state index in [9.17, 15) is 9.59 Å². The summed E-state index contributed by atoms with van der Waals surface area (Å²) >= 11 is 0. The number of carbonyl (C=O) groups excluding carboxylic acids is 2. The van der Waals surface area contributed by atoms with Gasteiger partial charge in [0.1, 0.15) is 13.2 Å². The number of carbonyl (C=O) groups is 2. The third-order valence-corrected chi connectivity index (χ3v) is 3.57. The lowest BCUT2D eigenvalue weighted by molar-refractivity contribution is -0.127. The first-order chi connectivity index (χ1) is 12.7. The summed E-state index contributed by atoms with van der Waals surface area (Å²) in [5, 5.41) is 2.70. The lowest BCUT2D eigenvalue weighted by Gasteiger charge is -2.08. The fraction of sp³-hybridized carbons (Fsp3) is 0.895. The molecule has 0 saturated heterocycles. The Labute approximate surface area is 158 Å². The zero-order valence-corrected chi connectivity index (χ0v) is 16.6. The summed E-state index contributed by atoms with van der Waals surface area (Å²) in [5.74, 6) is -0.0241. The van der Waals surface area contributed by atoms with Crippen molar-refractivity contribution in [3.63, 3.8) is 0 Å². The van der Waals surface area contributed by atoms with E-state index in [0.29, 0.717) is 52.6 Å². The molecule has 0 rings (SSSR count). The number of ketones is 1. The third-order valence-electron chi connectivity index (χ3n) is 3.57. The van der Waals surface area contributed by atoms with E-state index in [2.05, 4.69) is 12.2 Å².